The van der Waals surface area contributed by atoms with E-state index in [0.29, 0.717) is 19.6 Å². The Morgan fingerprint density at radius 2 is 1.84 bits per heavy atom. The van der Waals surface area contributed by atoms with Crippen LogP contribution in [-0.4, -0.2) is 37.0 Å². The van der Waals surface area contributed by atoms with Crippen molar-refractivity contribution >= 4 is 0 Å². The van der Waals surface area contributed by atoms with Crippen LogP contribution in [0, 0.1) is 0 Å². The third-order valence-corrected chi connectivity index (χ3v) is 2.88. The Labute approximate surface area is 114 Å². The molecule has 0 bridgehead atoms. The zero-order chi connectivity index (χ0) is 14.1. The van der Waals surface area contributed by atoms with Crippen molar-refractivity contribution in [1.29, 1.82) is 0 Å². The number of nitrogens with one attached hydrogen (secondary N) is 1. The SMILES string of the molecule is CCCN(Cc1ccccc1)CC(F)(F)CNCC. The number of halogens is 2. The Hall–Kier alpha value is -1.00. The summed E-state index contributed by atoms with van der Waals surface area (Å²) >= 11 is 0. The van der Waals surface area contributed by atoms with Crippen LogP contribution in [0.15, 0.2) is 30.3 Å². The predicted octanol–water partition coefficient (Wildman–Crippen LogP) is 3.14. The van der Waals surface area contributed by atoms with Gasteiger partial charge >= 0.3 is 0 Å². The van der Waals surface area contributed by atoms with Crippen molar-refractivity contribution in [3.05, 3.63) is 35.9 Å². The monoisotopic (exact) mass is 270 g/mol. The summed E-state index contributed by atoms with van der Waals surface area (Å²) in [4.78, 5) is 1.83. The van der Waals surface area contributed by atoms with E-state index in [4.69, 9.17) is 0 Å². The van der Waals surface area contributed by atoms with E-state index in [0.717, 1.165) is 12.0 Å². The van der Waals surface area contributed by atoms with Crippen LogP contribution in [0.1, 0.15) is 25.8 Å². The normalized spacial score (nSPS) is 12.1. The molecule has 0 unspecified atom stereocenters. The lowest BCUT2D eigenvalue weighted by molar-refractivity contribution is -0.0321. The first-order valence-corrected chi connectivity index (χ1v) is 6.92. The quantitative estimate of drug-likeness (QED) is 0.741. The minimum Gasteiger partial charge on any atom is -0.311 e. The molecule has 0 fully saturated rings. The molecule has 4 heteroatoms. The molecule has 0 heterocycles. The molecule has 1 N–H and O–H groups in total. The van der Waals surface area contributed by atoms with Crippen LogP contribution in [0.25, 0.3) is 0 Å². The molecule has 1 aromatic carbocycles. The van der Waals surface area contributed by atoms with Crippen molar-refractivity contribution in [3.8, 4) is 0 Å². The average Bonchev–Trinajstić information content (AvgIpc) is 2.37. The summed E-state index contributed by atoms with van der Waals surface area (Å²) < 4.78 is 27.6. The molecule has 0 saturated heterocycles. The van der Waals surface area contributed by atoms with Crippen molar-refractivity contribution in [2.24, 2.45) is 0 Å². The first-order chi connectivity index (χ1) is 9.07. The first-order valence-electron chi connectivity index (χ1n) is 6.92. The summed E-state index contributed by atoms with van der Waals surface area (Å²) in [6, 6.07) is 9.77. The van der Waals surface area contributed by atoms with Crippen LogP contribution < -0.4 is 5.32 Å². The van der Waals surface area contributed by atoms with Crippen LogP contribution in [-0.2, 0) is 6.54 Å². The molecule has 0 aromatic heterocycles. The second-order valence-electron chi connectivity index (χ2n) is 4.83. The van der Waals surface area contributed by atoms with Crippen molar-refractivity contribution in [1.82, 2.24) is 10.2 Å². The number of alkyl halides is 2. The molecule has 0 aliphatic heterocycles. The highest BCUT2D eigenvalue weighted by Crippen LogP contribution is 2.16. The summed E-state index contributed by atoms with van der Waals surface area (Å²) in [5.74, 6) is -2.68. The van der Waals surface area contributed by atoms with Gasteiger partial charge in [0.05, 0.1) is 13.1 Å². The molecule has 2 nitrogen and oxygen atoms in total. The number of nitrogens with zero attached hydrogens (tertiary/aromatic N) is 1. The van der Waals surface area contributed by atoms with E-state index in [9.17, 15) is 8.78 Å². The molecule has 0 spiro atoms. The number of benzene rings is 1. The fourth-order valence-corrected chi connectivity index (χ4v) is 2.06. The van der Waals surface area contributed by atoms with Crippen molar-refractivity contribution in [2.75, 3.05) is 26.2 Å². The van der Waals surface area contributed by atoms with Gasteiger partial charge < -0.3 is 5.32 Å². The van der Waals surface area contributed by atoms with E-state index in [1.807, 2.05) is 49.1 Å². The van der Waals surface area contributed by atoms with Crippen LogP contribution in [0.2, 0.25) is 0 Å². The lowest BCUT2D eigenvalue weighted by atomic mass is 10.2. The summed E-state index contributed by atoms with van der Waals surface area (Å²) in [5, 5.41) is 2.72. The molecule has 0 radical (unpaired) electrons. The summed E-state index contributed by atoms with van der Waals surface area (Å²) in [6.07, 6.45) is 0.879. The largest absolute Gasteiger partial charge is 0.311 e. The molecule has 0 amide bonds. The maximum absolute atomic E-state index is 13.8. The smallest absolute Gasteiger partial charge is 0.272 e. The highest BCUT2D eigenvalue weighted by atomic mass is 19.3. The van der Waals surface area contributed by atoms with Gasteiger partial charge in [0.25, 0.3) is 5.92 Å². The molecule has 0 aliphatic rings. The number of rotatable bonds is 9. The summed E-state index contributed by atoms with van der Waals surface area (Å²) in [5.41, 5.74) is 1.08. The van der Waals surface area contributed by atoms with Gasteiger partial charge in [-0.1, -0.05) is 44.2 Å². The van der Waals surface area contributed by atoms with Crippen molar-refractivity contribution in [2.45, 2.75) is 32.7 Å². The molecule has 0 saturated carbocycles. The third-order valence-electron chi connectivity index (χ3n) is 2.88. The van der Waals surface area contributed by atoms with Crippen LogP contribution in [0.3, 0.4) is 0 Å². The van der Waals surface area contributed by atoms with Gasteiger partial charge in [-0.15, -0.1) is 0 Å². The first kappa shape index (κ1) is 16.1. The van der Waals surface area contributed by atoms with Crippen molar-refractivity contribution < 1.29 is 8.78 Å². The Morgan fingerprint density at radius 1 is 1.16 bits per heavy atom. The topological polar surface area (TPSA) is 15.3 Å². The van der Waals surface area contributed by atoms with Crippen LogP contribution in [0.4, 0.5) is 8.78 Å². The van der Waals surface area contributed by atoms with Crippen molar-refractivity contribution in [3.63, 3.8) is 0 Å². The third kappa shape index (κ3) is 6.64. The molecule has 1 rings (SSSR count). The van der Waals surface area contributed by atoms with E-state index < -0.39 is 5.92 Å². The number of hydrogen-bond acceptors (Lipinski definition) is 2. The standard InChI is InChI=1S/C15H24F2N2/c1-3-10-19(11-14-8-6-5-7-9-14)13-15(16,17)12-18-4-2/h5-9,18H,3-4,10-13H2,1-2H3. The molecule has 108 valence electrons. The van der Waals surface area contributed by atoms with E-state index in [-0.39, 0.29) is 13.1 Å². The maximum Gasteiger partial charge on any atom is 0.272 e. The fraction of sp³-hybridized carbons (Fsp3) is 0.600. The second kappa shape index (κ2) is 8.23. The fourth-order valence-electron chi connectivity index (χ4n) is 2.06. The Balaban J connectivity index is 2.57. The highest BCUT2D eigenvalue weighted by Gasteiger charge is 2.30. The van der Waals surface area contributed by atoms with Gasteiger partial charge in [0, 0.05) is 6.54 Å². The van der Waals surface area contributed by atoms with Gasteiger partial charge in [-0.3, -0.25) is 4.90 Å². The summed E-state index contributed by atoms with van der Waals surface area (Å²) in [6.45, 7) is 5.25. The van der Waals surface area contributed by atoms with Gasteiger partial charge in [-0.05, 0) is 25.1 Å². The van der Waals surface area contributed by atoms with E-state index in [2.05, 4.69) is 5.32 Å². The van der Waals surface area contributed by atoms with Gasteiger partial charge in [0.1, 0.15) is 0 Å². The lowest BCUT2D eigenvalue weighted by Crippen LogP contribution is -2.43. The van der Waals surface area contributed by atoms with E-state index in [1.54, 1.807) is 0 Å². The van der Waals surface area contributed by atoms with Crippen LogP contribution >= 0.6 is 0 Å². The van der Waals surface area contributed by atoms with Gasteiger partial charge in [-0.2, -0.15) is 0 Å². The van der Waals surface area contributed by atoms with Gasteiger partial charge in [-0.25, -0.2) is 8.78 Å². The Morgan fingerprint density at radius 3 is 2.42 bits per heavy atom. The van der Waals surface area contributed by atoms with Gasteiger partial charge in [0.2, 0.25) is 0 Å². The molecule has 19 heavy (non-hydrogen) atoms. The van der Waals surface area contributed by atoms with Gasteiger partial charge in [0.15, 0.2) is 0 Å². The van der Waals surface area contributed by atoms with E-state index in [1.165, 1.54) is 0 Å². The molecule has 0 atom stereocenters. The average molecular weight is 270 g/mol. The zero-order valence-corrected chi connectivity index (χ0v) is 11.8. The van der Waals surface area contributed by atoms with Crippen LogP contribution in [0.5, 0.6) is 0 Å². The second-order valence-corrected chi connectivity index (χ2v) is 4.83. The summed E-state index contributed by atoms with van der Waals surface area (Å²) in [7, 11) is 0. The Bertz CT molecular complexity index is 341. The van der Waals surface area contributed by atoms with E-state index >= 15 is 0 Å². The molecule has 1 aromatic rings. The highest BCUT2D eigenvalue weighted by molar-refractivity contribution is 5.14. The lowest BCUT2D eigenvalue weighted by Gasteiger charge is -2.27. The minimum absolute atomic E-state index is 0.192. The zero-order valence-electron chi connectivity index (χ0n) is 11.8. The molecular weight excluding hydrogens is 246 g/mol. The number of hydrogen-bond donors (Lipinski definition) is 1. The predicted molar refractivity (Wildman–Crippen MR) is 75.5 cm³/mol. The molecule has 0 aliphatic carbocycles. The Kier molecular flexibility index (Phi) is 6.95. The minimum atomic E-state index is -2.68. The maximum atomic E-state index is 13.8. The molecular formula is C15H24F2N2.